The molecule has 1 saturated heterocycles. The third-order valence-electron chi connectivity index (χ3n) is 4.71. The molecule has 2 heterocycles. The molecule has 3 rings (SSSR count). The molecule has 0 unspecified atom stereocenters. The van der Waals surface area contributed by atoms with Crippen molar-refractivity contribution < 1.29 is 9.59 Å². The zero-order chi connectivity index (χ0) is 19.6. The van der Waals surface area contributed by atoms with E-state index in [1.165, 1.54) is 5.56 Å². The maximum absolute atomic E-state index is 12.8. The number of aromatic nitrogens is 2. The van der Waals surface area contributed by atoms with Crippen molar-refractivity contribution in [3.05, 3.63) is 46.9 Å². The number of nitrogens with zero attached hydrogens (tertiary/aromatic N) is 4. The number of hydrogen-bond acceptors (Lipinski definition) is 5. The van der Waals surface area contributed by atoms with Crippen LogP contribution in [0.15, 0.2) is 24.3 Å². The Morgan fingerprint density at radius 3 is 2.26 bits per heavy atom. The normalized spacial score (nSPS) is 14.2. The van der Waals surface area contributed by atoms with E-state index in [1.807, 2.05) is 26.0 Å². The number of carbonyl (C=O) groups is 2. The van der Waals surface area contributed by atoms with E-state index in [9.17, 15) is 9.59 Å². The van der Waals surface area contributed by atoms with Crippen LogP contribution in [0.25, 0.3) is 0 Å². The molecule has 1 aromatic heterocycles. The Hall–Kier alpha value is -2.96. The molecule has 1 fully saturated rings. The van der Waals surface area contributed by atoms with E-state index in [0.29, 0.717) is 43.5 Å². The molecule has 0 bridgehead atoms. The molecule has 1 aromatic carbocycles. The second-order valence-electron chi connectivity index (χ2n) is 6.93. The predicted octanol–water partition coefficient (Wildman–Crippen LogP) is 2.45. The lowest BCUT2D eigenvalue weighted by atomic mass is 10.1. The summed E-state index contributed by atoms with van der Waals surface area (Å²) in [5.41, 5.74) is 3.62. The number of anilines is 2. The molecule has 142 valence electrons. The molecule has 0 spiro atoms. The van der Waals surface area contributed by atoms with E-state index >= 15 is 0 Å². The highest BCUT2D eigenvalue weighted by Crippen LogP contribution is 2.21. The summed E-state index contributed by atoms with van der Waals surface area (Å²) in [6.45, 7) is 9.55. The zero-order valence-corrected chi connectivity index (χ0v) is 16.2. The van der Waals surface area contributed by atoms with Crippen LogP contribution in [0.3, 0.4) is 0 Å². The lowest BCUT2D eigenvalue weighted by Crippen LogP contribution is -2.50. The maximum Gasteiger partial charge on any atom is 0.272 e. The molecule has 0 radical (unpaired) electrons. The Morgan fingerprint density at radius 1 is 0.963 bits per heavy atom. The van der Waals surface area contributed by atoms with Gasteiger partial charge in [-0.15, -0.1) is 0 Å². The standard InChI is InChI=1S/C20H25N5O2/c1-13-5-6-17(14(2)11-13)23-19-12-18(21-15(3)22-19)20(27)25-9-7-24(8-10-25)16(4)26/h5-6,11-12H,7-10H2,1-4H3,(H,21,22,23). The van der Waals surface area contributed by atoms with Crippen LogP contribution in [0, 0.1) is 20.8 Å². The van der Waals surface area contributed by atoms with Gasteiger partial charge in [-0.05, 0) is 32.4 Å². The summed E-state index contributed by atoms with van der Waals surface area (Å²) in [5, 5.41) is 3.29. The van der Waals surface area contributed by atoms with Crippen molar-refractivity contribution in [2.24, 2.45) is 0 Å². The first-order valence-corrected chi connectivity index (χ1v) is 9.08. The topological polar surface area (TPSA) is 78.4 Å². The molecule has 2 amide bonds. The van der Waals surface area contributed by atoms with Crippen LogP contribution in [0.4, 0.5) is 11.5 Å². The van der Waals surface area contributed by atoms with Crippen LogP contribution >= 0.6 is 0 Å². The average molecular weight is 367 g/mol. The quantitative estimate of drug-likeness (QED) is 0.902. The number of amides is 2. The number of nitrogens with one attached hydrogen (secondary N) is 1. The van der Waals surface area contributed by atoms with Gasteiger partial charge in [-0.25, -0.2) is 9.97 Å². The lowest BCUT2D eigenvalue weighted by Gasteiger charge is -2.34. The number of carbonyl (C=O) groups excluding carboxylic acids is 2. The highest BCUT2D eigenvalue weighted by molar-refractivity contribution is 5.93. The first kappa shape index (κ1) is 18.8. The van der Waals surface area contributed by atoms with E-state index in [0.717, 1.165) is 11.3 Å². The van der Waals surface area contributed by atoms with Crippen molar-refractivity contribution >= 4 is 23.3 Å². The van der Waals surface area contributed by atoms with Gasteiger partial charge < -0.3 is 15.1 Å². The number of rotatable bonds is 3. The number of hydrogen-bond donors (Lipinski definition) is 1. The summed E-state index contributed by atoms with van der Waals surface area (Å²) < 4.78 is 0. The van der Waals surface area contributed by atoms with Gasteiger partial charge in [-0.3, -0.25) is 9.59 Å². The number of aryl methyl sites for hydroxylation is 3. The fraction of sp³-hybridized carbons (Fsp3) is 0.400. The Morgan fingerprint density at radius 2 is 1.63 bits per heavy atom. The average Bonchev–Trinajstić information content (AvgIpc) is 2.63. The first-order valence-electron chi connectivity index (χ1n) is 9.08. The fourth-order valence-corrected chi connectivity index (χ4v) is 3.22. The Labute approximate surface area is 159 Å². The van der Waals surface area contributed by atoms with E-state index in [1.54, 1.807) is 29.7 Å². The van der Waals surface area contributed by atoms with Gasteiger partial charge in [0.25, 0.3) is 5.91 Å². The van der Waals surface area contributed by atoms with Gasteiger partial charge in [-0.2, -0.15) is 0 Å². The lowest BCUT2D eigenvalue weighted by molar-refractivity contribution is -0.130. The molecule has 1 N–H and O–H groups in total. The summed E-state index contributed by atoms with van der Waals surface area (Å²) >= 11 is 0. The summed E-state index contributed by atoms with van der Waals surface area (Å²) in [5.74, 6) is 1.04. The van der Waals surface area contributed by atoms with Crippen LogP contribution in [-0.4, -0.2) is 57.8 Å². The van der Waals surface area contributed by atoms with Crippen molar-refractivity contribution in [1.29, 1.82) is 0 Å². The summed E-state index contributed by atoms with van der Waals surface area (Å²) in [6.07, 6.45) is 0. The van der Waals surface area contributed by atoms with Crippen LogP contribution in [0.5, 0.6) is 0 Å². The van der Waals surface area contributed by atoms with E-state index in [4.69, 9.17) is 0 Å². The maximum atomic E-state index is 12.8. The molecule has 1 aliphatic heterocycles. The number of benzene rings is 1. The summed E-state index contributed by atoms with van der Waals surface area (Å²) in [7, 11) is 0. The smallest absolute Gasteiger partial charge is 0.272 e. The predicted molar refractivity (Wildman–Crippen MR) is 104 cm³/mol. The minimum absolute atomic E-state index is 0.0416. The Kier molecular flexibility index (Phi) is 5.39. The monoisotopic (exact) mass is 367 g/mol. The van der Waals surface area contributed by atoms with Gasteiger partial charge in [0, 0.05) is 44.9 Å². The van der Waals surface area contributed by atoms with Crippen molar-refractivity contribution in [3.63, 3.8) is 0 Å². The minimum atomic E-state index is -0.132. The largest absolute Gasteiger partial charge is 0.340 e. The van der Waals surface area contributed by atoms with E-state index in [-0.39, 0.29) is 11.8 Å². The van der Waals surface area contributed by atoms with Gasteiger partial charge in [0.2, 0.25) is 5.91 Å². The second-order valence-corrected chi connectivity index (χ2v) is 6.93. The van der Waals surface area contributed by atoms with Crippen LogP contribution in [-0.2, 0) is 4.79 Å². The fourth-order valence-electron chi connectivity index (χ4n) is 3.22. The SMILES string of the molecule is CC(=O)N1CCN(C(=O)c2cc(Nc3ccc(C)cc3C)nc(C)n2)CC1. The van der Waals surface area contributed by atoms with Gasteiger partial charge in [0.15, 0.2) is 0 Å². The van der Waals surface area contributed by atoms with E-state index in [2.05, 4.69) is 21.4 Å². The second kappa shape index (κ2) is 7.73. The van der Waals surface area contributed by atoms with E-state index < -0.39 is 0 Å². The van der Waals surface area contributed by atoms with Gasteiger partial charge in [0.1, 0.15) is 17.3 Å². The molecule has 27 heavy (non-hydrogen) atoms. The van der Waals surface area contributed by atoms with Gasteiger partial charge >= 0.3 is 0 Å². The Bertz CT molecular complexity index is 873. The molecular formula is C20H25N5O2. The first-order chi connectivity index (χ1) is 12.8. The molecule has 7 heteroatoms. The third-order valence-corrected chi connectivity index (χ3v) is 4.71. The molecule has 7 nitrogen and oxygen atoms in total. The molecule has 0 aliphatic carbocycles. The molecule has 0 saturated carbocycles. The summed E-state index contributed by atoms with van der Waals surface area (Å²) in [6, 6.07) is 7.82. The molecule has 1 aliphatic rings. The van der Waals surface area contributed by atoms with Crippen molar-refractivity contribution in [1.82, 2.24) is 19.8 Å². The van der Waals surface area contributed by atoms with Crippen molar-refractivity contribution in [2.75, 3.05) is 31.5 Å². The van der Waals surface area contributed by atoms with Crippen LogP contribution < -0.4 is 5.32 Å². The highest BCUT2D eigenvalue weighted by Gasteiger charge is 2.24. The molecule has 2 aromatic rings. The van der Waals surface area contributed by atoms with Crippen LogP contribution in [0.1, 0.15) is 34.4 Å². The van der Waals surface area contributed by atoms with Crippen molar-refractivity contribution in [2.45, 2.75) is 27.7 Å². The number of piperazine rings is 1. The van der Waals surface area contributed by atoms with Gasteiger partial charge in [-0.1, -0.05) is 17.7 Å². The van der Waals surface area contributed by atoms with Gasteiger partial charge in [0.05, 0.1) is 0 Å². The zero-order valence-electron chi connectivity index (χ0n) is 16.2. The van der Waals surface area contributed by atoms with Crippen LogP contribution in [0.2, 0.25) is 0 Å². The molecular weight excluding hydrogens is 342 g/mol. The van der Waals surface area contributed by atoms with Crippen molar-refractivity contribution in [3.8, 4) is 0 Å². The molecule has 0 atom stereocenters. The Balaban J connectivity index is 1.77. The summed E-state index contributed by atoms with van der Waals surface area (Å²) in [4.78, 5) is 36.5. The third kappa shape index (κ3) is 4.42. The highest BCUT2D eigenvalue weighted by atomic mass is 16.2. The minimum Gasteiger partial charge on any atom is -0.340 e.